The molecule has 1 aliphatic rings. The number of methoxy groups -OCH3 is 2. The molecule has 3 heterocycles. The lowest BCUT2D eigenvalue weighted by Crippen LogP contribution is -2.29. The van der Waals surface area contributed by atoms with Gasteiger partial charge < -0.3 is 19.7 Å². The topological polar surface area (TPSA) is 139 Å². The molecule has 0 bridgehead atoms. The number of hydrogen-bond donors (Lipinski definition) is 2. The van der Waals surface area contributed by atoms with Gasteiger partial charge in [-0.1, -0.05) is 40.6 Å². The van der Waals surface area contributed by atoms with E-state index in [4.69, 9.17) is 32.7 Å². The molecule has 4 aromatic rings. The molecule has 1 amide bonds. The molecule has 0 saturated carbocycles. The number of pyridine rings is 1. The number of aromatic carboxylic acids is 1. The molecular weight excluding hydrogens is 569 g/mol. The zero-order chi connectivity index (χ0) is 28.0. The summed E-state index contributed by atoms with van der Waals surface area (Å²) in [6.45, 7) is 0. The minimum Gasteiger partial charge on any atom is -0.507 e. The van der Waals surface area contributed by atoms with Crippen LogP contribution in [0.25, 0.3) is 16.0 Å². The molecule has 39 heavy (non-hydrogen) atoms. The van der Waals surface area contributed by atoms with E-state index in [-0.39, 0.29) is 49.1 Å². The summed E-state index contributed by atoms with van der Waals surface area (Å²) in [6.07, 6.45) is 1.48. The fourth-order valence-corrected chi connectivity index (χ4v) is 6.01. The highest BCUT2D eigenvalue weighted by Gasteiger charge is 2.49. The van der Waals surface area contributed by atoms with Crippen molar-refractivity contribution in [3.05, 3.63) is 81.1 Å². The highest BCUT2D eigenvalue weighted by Crippen LogP contribution is 2.48. The average Bonchev–Trinajstić information content (AvgIpc) is 3.46. The third kappa shape index (κ3) is 4.34. The Morgan fingerprint density at radius 1 is 1.05 bits per heavy atom. The van der Waals surface area contributed by atoms with Crippen molar-refractivity contribution in [2.45, 2.75) is 6.04 Å². The van der Waals surface area contributed by atoms with Crippen LogP contribution in [0.3, 0.4) is 0 Å². The van der Waals surface area contributed by atoms with Gasteiger partial charge in [-0.2, -0.15) is 0 Å². The van der Waals surface area contributed by atoms with Gasteiger partial charge in [0.25, 0.3) is 5.78 Å². The molecule has 1 fully saturated rings. The number of aliphatic hydroxyl groups excluding tert-OH is 1. The van der Waals surface area contributed by atoms with Gasteiger partial charge in [0.2, 0.25) is 0 Å². The van der Waals surface area contributed by atoms with Crippen LogP contribution in [0, 0.1) is 0 Å². The number of nitrogens with zero attached hydrogens (tertiary/aromatic N) is 3. The number of carboxylic acids is 1. The fourth-order valence-electron chi connectivity index (χ4n) is 4.29. The van der Waals surface area contributed by atoms with Gasteiger partial charge >= 0.3 is 11.9 Å². The summed E-state index contributed by atoms with van der Waals surface area (Å²) >= 11 is 13.7. The minimum absolute atomic E-state index is 0.0254. The number of carbonyl (C=O) groups is 3. The van der Waals surface area contributed by atoms with Crippen molar-refractivity contribution < 1.29 is 34.1 Å². The van der Waals surface area contributed by atoms with E-state index in [1.165, 1.54) is 44.7 Å². The Morgan fingerprint density at radius 2 is 1.79 bits per heavy atom. The molecule has 10 nitrogen and oxygen atoms in total. The summed E-state index contributed by atoms with van der Waals surface area (Å²) in [4.78, 5) is 48.3. The van der Waals surface area contributed by atoms with Crippen molar-refractivity contribution in [1.29, 1.82) is 0 Å². The van der Waals surface area contributed by atoms with Gasteiger partial charge in [0.1, 0.15) is 16.8 Å². The first-order chi connectivity index (χ1) is 18.7. The molecule has 1 saturated heterocycles. The number of aromatic nitrogens is 2. The highest BCUT2D eigenvalue weighted by molar-refractivity contribution is 7.22. The first-order valence-electron chi connectivity index (χ1n) is 11.1. The van der Waals surface area contributed by atoms with Gasteiger partial charge in [-0.3, -0.25) is 19.5 Å². The monoisotopic (exact) mass is 585 g/mol. The number of fused-ring (bicyclic) bond motifs is 1. The molecule has 13 heteroatoms. The Kier molecular flexibility index (Phi) is 6.89. The van der Waals surface area contributed by atoms with Gasteiger partial charge in [0.15, 0.2) is 16.6 Å². The summed E-state index contributed by atoms with van der Waals surface area (Å²) in [5.74, 6) is -3.60. The molecule has 1 unspecified atom stereocenters. The predicted octanol–water partition coefficient (Wildman–Crippen LogP) is 5.34. The highest BCUT2D eigenvalue weighted by atomic mass is 35.5. The molecule has 2 aromatic carbocycles. The zero-order valence-corrected chi connectivity index (χ0v) is 22.5. The number of thiazole rings is 1. The number of carbonyl (C=O) groups excluding carboxylic acids is 2. The van der Waals surface area contributed by atoms with E-state index in [9.17, 15) is 24.6 Å². The Bertz CT molecular complexity index is 1700. The van der Waals surface area contributed by atoms with E-state index in [0.29, 0.717) is 10.2 Å². The van der Waals surface area contributed by atoms with Crippen molar-refractivity contribution >= 4 is 73.3 Å². The number of carboxylic acid groups (broad SMARTS) is 1. The van der Waals surface area contributed by atoms with E-state index < -0.39 is 29.5 Å². The maximum atomic E-state index is 13.5. The Morgan fingerprint density at radius 3 is 2.44 bits per heavy atom. The number of Topliss-reactive ketones (excluding diaryl/α,β-unsaturated/α-hetero) is 1. The van der Waals surface area contributed by atoms with Crippen LogP contribution in [-0.4, -0.2) is 52.1 Å². The summed E-state index contributed by atoms with van der Waals surface area (Å²) in [7, 11) is 2.67. The third-order valence-electron chi connectivity index (χ3n) is 6.04. The van der Waals surface area contributed by atoms with E-state index in [1.54, 1.807) is 18.2 Å². The van der Waals surface area contributed by atoms with E-state index in [0.717, 1.165) is 16.2 Å². The second-order valence-corrected chi connectivity index (χ2v) is 9.99. The quantitative estimate of drug-likeness (QED) is 0.174. The number of rotatable bonds is 6. The van der Waals surface area contributed by atoms with Crippen molar-refractivity contribution in [2.24, 2.45) is 0 Å². The lowest BCUT2D eigenvalue weighted by Gasteiger charge is -2.22. The van der Waals surface area contributed by atoms with Crippen LogP contribution in [0.1, 0.15) is 27.7 Å². The Balaban J connectivity index is 1.75. The first kappa shape index (κ1) is 26.4. The molecule has 1 aliphatic heterocycles. The molecule has 5 rings (SSSR count). The number of ketones is 1. The second kappa shape index (κ2) is 10.2. The Labute approximate surface area is 234 Å². The molecule has 0 radical (unpaired) electrons. The molecule has 0 spiro atoms. The van der Waals surface area contributed by atoms with E-state index in [1.807, 2.05) is 0 Å². The van der Waals surface area contributed by atoms with Gasteiger partial charge in [0.05, 0.1) is 51.9 Å². The van der Waals surface area contributed by atoms with Gasteiger partial charge in [-0.05, 0) is 36.4 Å². The lowest BCUT2D eigenvalue weighted by atomic mass is 9.98. The van der Waals surface area contributed by atoms with Crippen molar-refractivity contribution in [3.8, 4) is 11.5 Å². The van der Waals surface area contributed by atoms with E-state index >= 15 is 0 Å². The summed E-state index contributed by atoms with van der Waals surface area (Å²) in [5, 5.41) is 20.9. The number of halogens is 2. The first-order valence-corrected chi connectivity index (χ1v) is 12.7. The fraction of sp³-hybridized carbons (Fsp3) is 0.115. The maximum absolute atomic E-state index is 13.5. The van der Waals surface area contributed by atoms with Crippen molar-refractivity contribution in [1.82, 2.24) is 9.97 Å². The largest absolute Gasteiger partial charge is 0.507 e. The zero-order valence-electron chi connectivity index (χ0n) is 20.1. The van der Waals surface area contributed by atoms with Crippen molar-refractivity contribution in [2.75, 3.05) is 19.1 Å². The van der Waals surface area contributed by atoms with Crippen LogP contribution < -0.4 is 14.4 Å². The third-order valence-corrected chi connectivity index (χ3v) is 7.68. The molecule has 0 aliphatic carbocycles. The van der Waals surface area contributed by atoms with Gasteiger partial charge in [-0.15, -0.1) is 0 Å². The number of amides is 1. The molecular formula is C26H17Cl2N3O7S. The standard InChI is InChI=1S/C26H17Cl2N3O7S/c1-37-22-12(10-13(27)23(38-2)18(22)28)20(32)17-19(15-5-3-4-8-29-15)31(24(34)21(17)33)26-30-14-7-6-11(25(35)36)9-16(14)39-26/h3-10,19,32H,1-2H3,(H,35,36)/b20-17+. The van der Waals surface area contributed by atoms with E-state index in [2.05, 4.69) is 9.97 Å². The number of anilines is 1. The normalized spacial score (nSPS) is 16.6. The number of ether oxygens (including phenoxy) is 2. The number of benzene rings is 2. The number of aliphatic hydroxyl groups is 1. The smallest absolute Gasteiger partial charge is 0.335 e. The van der Waals surface area contributed by atoms with Crippen LogP contribution in [0.2, 0.25) is 10.0 Å². The molecule has 198 valence electrons. The maximum Gasteiger partial charge on any atom is 0.335 e. The van der Waals surface area contributed by atoms with Crippen molar-refractivity contribution in [3.63, 3.8) is 0 Å². The van der Waals surface area contributed by atoms with Crippen LogP contribution >= 0.6 is 34.5 Å². The van der Waals surface area contributed by atoms with Crippen LogP contribution in [0.5, 0.6) is 11.5 Å². The number of hydrogen-bond acceptors (Lipinski definition) is 9. The Hall–Kier alpha value is -4.19. The SMILES string of the molecule is COc1c(Cl)cc(/C(O)=C2\C(=O)C(=O)N(c3nc4ccc(C(=O)O)cc4s3)C2c2ccccn2)c(OC)c1Cl. The van der Waals surface area contributed by atoms with Gasteiger partial charge in [-0.25, -0.2) is 9.78 Å². The molecule has 1 atom stereocenters. The average molecular weight is 586 g/mol. The summed E-state index contributed by atoms with van der Waals surface area (Å²) in [5.41, 5.74) is 0.411. The molecule has 2 aromatic heterocycles. The predicted molar refractivity (Wildman–Crippen MR) is 145 cm³/mol. The van der Waals surface area contributed by atoms with Crippen LogP contribution in [0.15, 0.2) is 54.2 Å². The summed E-state index contributed by atoms with van der Waals surface area (Å²) < 4.78 is 11.1. The summed E-state index contributed by atoms with van der Waals surface area (Å²) in [6, 6.07) is 9.38. The molecule has 2 N–H and O–H groups in total. The second-order valence-electron chi connectivity index (χ2n) is 8.19. The minimum atomic E-state index is -1.19. The van der Waals surface area contributed by atoms with Crippen LogP contribution in [-0.2, 0) is 9.59 Å². The van der Waals surface area contributed by atoms with Gasteiger partial charge in [0, 0.05) is 6.20 Å². The lowest BCUT2D eigenvalue weighted by molar-refractivity contribution is -0.132. The van der Waals surface area contributed by atoms with Crippen LogP contribution in [0.4, 0.5) is 5.13 Å².